The van der Waals surface area contributed by atoms with E-state index in [0.717, 1.165) is 24.6 Å². The Labute approximate surface area is 163 Å². The van der Waals surface area contributed by atoms with Crippen molar-refractivity contribution in [2.45, 2.75) is 32.2 Å². The minimum absolute atomic E-state index is 0.0101. The summed E-state index contributed by atoms with van der Waals surface area (Å²) < 4.78 is 1.59. The molecule has 1 aliphatic heterocycles. The van der Waals surface area contributed by atoms with Gasteiger partial charge >= 0.3 is 0 Å². The third-order valence-electron chi connectivity index (χ3n) is 5.30. The molecule has 0 aliphatic carbocycles. The molecule has 4 rings (SSSR count). The Hall–Kier alpha value is -3.03. The highest BCUT2D eigenvalue weighted by molar-refractivity contribution is 5.74. The third-order valence-corrected chi connectivity index (χ3v) is 5.30. The lowest BCUT2D eigenvalue weighted by Gasteiger charge is -2.45. The number of aromatic nitrogens is 5. The minimum atomic E-state index is -0.0836. The van der Waals surface area contributed by atoms with Crippen LogP contribution >= 0.6 is 0 Å². The van der Waals surface area contributed by atoms with Crippen LogP contribution in [0.4, 0.5) is 11.8 Å². The number of likely N-dealkylation sites (N-methyl/N-ethyl adjacent to an activating group) is 1. The summed E-state index contributed by atoms with van der Waals surface area (Å²) in [7, 11) is 3.72. The normalized spacial score (nSPS) is 15.0. The summed E-state index contributed by atoms with van der Waals surface area (Å²) >= 11 is 0. The lowest BCUT2D eigenvalue weighted by atomic mass is 9.92. The largest absolute Gasteiger partial charge is 0.351 e. The Bertz CT molecular complexity index is 1060. The molecule has 1 saturated heterocycles. The van der Waals surface area contributed by atoms with Gasteiger partial charge < -0.3 is 9.80 Å². The van der Waals surface area contributed by atoms with E-state index >= 15 is 0 Å². The lowest BCUT2D eigenvalue weighted by Crippen LogP contribution is -2.60. The van der Waals surface area contributed by atoms with E-state index in [0.29, 0.717) is 17.0 Å². The van der Waals surface area contributed by atoms with E-state index in [-0.39, 0.29) is 17.0 Å². The predicted octanol–water partition coefficient (Wildman–Crippen LogP) is 1.74. The molecule has 0 spiro atoms. The zero-order chi connectivity index (χ0) is 20.1. The van der Waals surface area contributed by atoms with Crippen LogP contribution < -0.4 is 15.4 Å². The van der Waals surface area contributed by atoms with Crippen LogP contribution in [0.1, 0.15) is 26.5 Å². The van der Waals surface area contributed by atoms with E-state index in [4.69, 9.17) is 0 Å². The Kier molecular flexibility index (Phi) is 4.28. The summed E-state index contributed by atoms with van der Waals surface area (Å²) in [6.07, 6.45) is 1.66. The maximum Gasteiger partial charge on any atom is 0.264 e. The number of hydrogen-bond donors (Lipinski definition) is 0. The fourth-order valence-electron chi connectivity index (χ4n) is 3.35. The van der Waals surface area contributed by atoms with Crippen LogP contribution in [0.15, 0.2) is 35.3 Å². The highest BCUT2D eigenvalue weighted by atomic mass is 16.1. The smallest absolute Gasteiger partial charge is 0.264 e. The Morgan fingerprint density at radius 2 is 1.89 bits per heavy atom. The van der Waals surface area contributed by atoms with Gasteiger partial charge in [0.15, 0.2) is 11.5 Å². The van der Waals surface area contributed by atoms with Crippen molar-refractivity contribution >= 4 is 22.8 Å². The van der Waals surface area contributed by atoms with E-state index in [1.54, 1.807) is 29.9 Å². The molecule has 1 fully saturated rings. The van der Waals surface area contributed by atoms with Gasteiger partial charge in [0.2, 0.25) is 5.95 Å². The number of anilines is 2. The SMILES string of the molecule is CN(c1nc2ncccc2c(=O)n1C)C1CN(c2ccc(C(C)(C)C)nn2)C1. The highest BCUT2D eigenvalue weighted by Gasteiger charge is 2.33. The van der Waals surface area contributed by atoms with E-state index in [1.807, 2.05) is 24.1 Å². The third kappa shape index (κ3) is 3.08. The molecule has 8 heteroatoms. The zero-order valence-corrected chi connectivity index (χ0v) is 16.9. The van der Waals surface area contributed by atoms with Crippen molar-refractivity contribution in [1.29, 1.82) is 0 Å². The fourth-order valence-corrected chi connectivity index (χ4v) is 3.35. The maximum absolute atomic E-state index is 12.6. The summed E-state index contributed by atoms with van der Waals surface area (Å²) in [5, 5.41) is 9.29. The molecule has 0 radical (unpaired) electrons. The average Bonchev–Trinajstić information content (AvgIpc) is 2.63. The maximum atomic E-state index is 12.6. The molecule has 8 nitrogen and oxygen atoms in total. The second-order valence-electron chi connectivity index (χ2n) is 8.35. The van der Waals surface area contributed by atoms with Crippen LogP contribution in [0.5, 0.6) is 0 Å². The van der Waals surface area contributed by atoms with Gasteiger partial charge in [-0.05, 0) is 24.3 Å². The molecule has 0 unspecified atom stereocenters. The molecule has 1 aliphatic rings. The van der Waals surface area contributed by atoms with Crippen LogP contribution in [0.25, 0.3) is 11.0 Å². The molecule has 0 aromatic carbocycles. The molecule has 0 N–H and O–H groups in total. The van der Waals surface area contributed by atoms with E-state index in [2.05, 4.69) is 45.8 Å². The van der Waals surface area contributed by atoms with Crippen molar-refractivity contribution in [3.63, 3.8) is 0 Å². The number of nitrogens with zero attached hydrogens (tertiary/aromatic N) is 7. The monoisotopic (exact) mass is 379 g/mol. The Balaban J connectivity index is 1.51. The summed E-state index contributed by atoms with van der Waals surface area (Å²) in [6.45, 7) is 7.98. The van der Waals surface area contributed by atoms with Gasteiger partial charge in [0.05, 0.1) is 17.1 Å². The van der Waals surface area contributed by atoms with Gasteiger partial charge in [0.1, 0.15) is 0 Å². The van der Waals surface area contributed by atoms with Crippen molar-refractivity contribution < 1.29 is 0 Å². The van der Waals surface area contributed by atoms with Crippen molar-refractivity contribution in [1.82, 2.24) is 24.7 Å². The summed E-state index contributed by atoms with van der Waals surface area (Å²) in [6, 6.07) is 7.82. The van der Waals surface area contributed by atoms with Crippen LogP contribution in [0, 0.1) is 0 Å². The molecule has 0 saturated carbocycles. The van der Waals surface area contributed by atoms with Crippen molar-refractivity contribution in [3.05, 3.63) is 46.5 Å². The summed E-state index contributed by atoms with van der Waals surface area (Å²) in [5.41, 5.74) is 1.37. The summed E-state index contributed by atoms with van der Waals surface area (Å²) in [5.74, 6) is 1.50. The first-order valence-corrected chi connectivity index (χ1v) is 9.39. The Morgan fingerprint density at radius 3 is 2.54 bits per heavy atom. The first kappa shape index (κ1) is 18.3. The van der Waals surface area contributed by atoms with Crippen LogP contribution in [-0.2, 0) is 12.5 Å². The van der Waals surface area contributed by atoms with E-state index in [9.17, 15) is 4.79 Å². The van der Waals surface area contributed by atoms with Crippen molar-refractivity contribution in [3.8, 4) is 0 Å². The number of rotatable bonds is 3. The second kappa shape index (κ2) is 6.54. The quantitative estimate of drug-likeness (QED) is 0.686. The van der Waals surface area contributed by atoms with Crippen LogP contribution in [-0.4, -0.2) is 50.9 Å². The highest BCUT2D eigenvalue weighted by Crippen LogP contribution is 2.25. The van der Waals surface area contributed by atoms with Crippen molar-refractivity contribution in [2.75, 3.05) is 29.9 Å². The van der Waals surface area contributed by atoms with Gasteiger partial charge in [0, 0.05) is 38.8 Å². The molecule has 4 heterocycles. The lowest BCUT2D eigenvalue weighted by molar-refractivity contribution is 0.477. The molecular formula is C20H25N7O. The van der Waals surface area contributed by atoms with E-state index < -0.39 is 0 Å². The topological polar surface area (TPSA) is 80.0 Å². The van der Waals surface area contributed by atoms with Gasteiger partial charge in [-0.25, -0.2) is 4.98 Å². The predicted molar refractivity (Wildman–Crippen MR) is 110 cm³/mol. The average molecular weight is 379 g/mol. The van der Waals surface area contributed by atoms with E-state index in [1.165, 1.54) is 0 Å². The molecular weight excluding hydrogens is 354 g/mol. The second-order valence-corrected chi connectivity index (χ2v) is 8.35. The molecule has 0 amide bonds. The van der Waals surface area contributed by atoms with Gasteiger partial charge in [-0.2, -0.15) is 10.1 Å². The van der Waals surface area contributed by atoms with Gasteiger partial charge in [0.25, 0.3) is 5.56 Å². The minimum Gasteiger partial charge on any atom is -0.351 e. The van der Waals surface area contributed by atoms with Crippen molar-refractivity contribution in [2.24, 2.45) is 7.05 Å². The van der Waals surface area contributed by atoms with Crippen LogP contribution in [0.3, 0.4) is 0 Å². The Morgan fingerprint density at radius 1 is 1.14 bits per heavy atom. The van der Waals surface area contributed by atoms with Crippen LogP contribution in [0.2, 0.25) is 0 Å². The molecule has 28 heavy (non-hydrogen) atoms. The summed E-state index contributed by atoms with van der Waals surface area (Å²) in [4.78, 5) is 25.7. The van der Waals surface area contributed by atoms with Gasteiger partial charge in [-0.15, -0.1) is 5.10 Å². The first-order chi connectivity index (χ1) is 13.3. The molecule has 0 atom stereocenters. The molecule has 146 valence electrons. The fraction of sp³-hybridized carbons (Fsp3) is 0.450. The first-order valence-electron chi connectivity index (χ1n) is 9.39. The standard InChI is InChI=1S/C20H25N7O/c1-20(2,3)15-8-9-16(24-23-15)27-11-13(12-27)25(4)19-22-17-14(7-6-10-21-17)18(28)26(19)5/h6-10,13H,11-12H2,1-5H3. The zero-order valence-electron chi connectivity index (χ0n) is 16.9. The molecule has 3 aromatic heterocycles. The number of hydrogen-bond acceptors (Lipinski definition) is 7. The number of fused-ring (bicyclic) bond motifs is 1. The van der Waals surface area contributed by atoms with Gasteiger partial charge in [-0.1, -0.05) is 20.8 Å². The molecule has 0 bridgehead atoms. The number of pyridine rings is 1. The molecule has 3 aromatic rings. The van der Waals surface area contributed by atoms with Gasteiger partial charge in [-0.3, -0.25) is 9.36 Å².